The second-order valence-electron chi connectivity index (χ2n) is 11.1. The molecule has 4 aromatic rings. The molecule has 0 bridgehead atoms. The highest BCUT2D eigenvalue weighted by molar-refractivity contribution is 7.16. The molecule has 0 unspecified atom stereocenters. The van der Waals surface area contributed by atoms with E-state index in [0.717, 1.165) is 64.2 Å². The molecule has 196 valence electrons. The summed E-state index contributed by atoms with van der Waals surface area (Å²) in [6.45, 7) is 13.7. The molecule has 0 fully saturated rings. The third kappa shape index (κ3) is 5.10. The summed E-state index contributed by atoms with van der Waals surface area (Å²) in [6, 6.07) is 15.6. The summed E-state index contributed by atoms with van der Waals surface area (Å²) >= 11 is 7.72. The number of para-hydroxylation sites is 1. The molecule has 0 spiro atoms. The van der Waals surface area contributed by atoms with Gasteiger partial charge in [-0.1, -0.05) is 56.6 Å². The molecule has 6 heteroatoms. The highest BCUT2D eigenvalue weighted by atomic mass is 35.5. The van der Waals surface area contributed by atoms with Crippen LogP contribution in [0.5, 0.6) is 0 Å². The van der Waals surface area contributed by atoms with Crippen LogP contribution in [-0.2, 0) is 19.4 Å². The summed E-state index contributed by atoms with van der Waals surface area (Å²) in [5, 5.41) is 5.65. The summed E-state index contributed by atoms with van der Waals surface area (Å²) in [5.74, 6) is 0.466. The first-order valence-electron chi connectivity index (χ1n) is 13.1. The number of allylic oxidation sites excluding steroid dienone is 1. The number of carbonyl (C=O) groups excluding carboxylic acids is 1. The van der Waals surface area contributed by atoms with Crippen LogP contribution in [0, 0.1) is 18.3 Å². The number of fused-ring (bicyclic) bond motifs is 2. The van der Waals surface area contributed by atoms with Crippen LogP contribution in [0.25, 0.3) is 10.9 Å². The number of benzene rings is 2. The summed E-state index contributed by atoms with van der Waals surface area (Å²) in [6.07, 6.45) is 6.81. The van der Waals surface area contributed by atoms with Crippen molar-refractivity contribution in [3.05, 3.63) is 93.5 Å². The monoisotopic (exact) mass is 543 g/mol. The molecular formula is C32H34ClN3OS. The minimum atomic E-state index is -0.114. The zero-order valence-electron chi connectivity index (χ0n) is 22.5. The van der Waals surface area contributed by atoms with Crippen molar-refractivity contribution in [3.8, 4) is 0 Å². The van der Waals surface area contributed by atoms with Gasteiger partial charge in [-0.25, -0.2) is 4.99 Å². The third-order valence-corrected chi connectivity index (χ3v) is 9.12. The van der Waals surface area contributed by atoms with Crippen LogP contribution in [-0.4, -0.2) is 16.7 Å². The van der Waals surface area contributed by atoms with E-state index in [-0.39, 0.29) is 11.3 Å². The molecule has 0 saturated carbocycles. The molecule has 4 nitrogen and oxygen atoms in total. The first-order chi connectivity index (χ1) is 18.2. The Kier molecular flexibility index (Phi) is 7.34. The van der Waals surface area contributed by atoms with E-state index in [4.69, 9.17) is 16.6 Å². The van der Waals surface area contributed by atoms with Gasteiger partial charge in [-0.3, -0.25) is 4.79 Å². The highest BCUT2D eigenvalue weighted by Crippen LogP contribution is 2.45. The normalized spacial score (nSPS) is 15.7. The maximum atomic E-state index is 13.7. The summed E-state index contributed by atoms with van der Waals surface area (Å²) in [4.78, 5) is 20.0. The lowest BCUT2D eigenvalue weighted by atomic mass is 9.72. The number of halogens is 1. The molecule has 2 heterocycles. The lowest BCUT2D eigenvalue weighted by Gasteiger charge is -2.33. The number of hydrogen-bond donors (Lipinski definition) is 1. The SMILES string of the molecule is C=CCn1c(C)c(C=Nc2sc3c(c2C(=O)Nc2ccc(Cl)cc2)CC[C@@H](C(C)(C)C)C3)c2ccccc21. The molecule has 38 heavy (non-hydrogen) atoms. The third-order valence-electron chi connectivity index (χ3n) is 7.70. The predicted molar refractivity (Wildman–Crippen MR) is 163 cm³/mol. The van der Waals surface area contributed by atoms with E-state index in [1.54, 1.807) is 23.5 Å². The fourth-order valence-corrected chi connectivity index (χ4v) is 6.87. The Bertz CT molecular complexity index is 1540. The van der Waals surface area contributed by atoms with Gasteiger partial charge in [0, 0.05) is 50.5 Å². The average Bonchev–Trinajstić information content (AvgIpc) is 3.38. The van der Waals surface area contributed by atoms with Crippen molar-refractivity contribution in [1.29, 1.82) is 0 Å². The molecule has 2 aromatic heterocycles. The summed E-state index contributed by atoms with van der Waals surface area (Å²) in [5.41, 5.74) is 6.17. The fourth-order valence-electron chi connectivity index (χ4n) is 5.47. The molecule has 0 aliphatic heterocycles. The quantitative estimate of drug-likeness (QED) is 0.191. The minimum absolute atomic E-state index is 0.114. The molecule has 1 atom stereocenters. The number of hydrogen-bond acceptors (Lipinski definition) is 3. The average molecular weight is 544 g/mol. The van der Waals surface area contributed by atoms with Crippen LogP contribution in [0.2, 0.25) is 5.02 Å². The molecule has 1 aliphatic rings. The van der Waals surface area contributed by atoms with Crippen molar-refractivity contribution in [3.63, 3.8) is 0 Å². The number of thiophene rings is 1. The van der Waals surface area contributed by atoms with E-state index >= 15 is 0 Å². The number of rotatable bonds is 6. The van der Waals surface area contributed by atoms with Crippen molar-refractivity contribution in [1.82, 2.24) is 4.57 Å². The Morgan fingerprint density at radius 3 is 2.66 bits per heavy atom. The van der Waals surface area contributed by atoms with Gasteiger partial charge in [0.05, 0.1) is 5.56 Å². The van der Waals surface area contributed by atoms with E-state index < -0.39 is 0 Å². The van der Waals surface area contributed by atoms with E-state index in [2.05, 4.69) is 68.4 Å². The van der Waals surface area contributed by atoms with Crippen LogP contribution in [0.4, 0.5) is 10.7 Å². The Labute approximate surface area is 234 Å². The predicted octanol–water partition coefficient (Wildman–Crippen LogP) is 9.00. The van der Waals surface area contributed by atoms with Gasteiger partial charge in [-0.05, 0) is 73.4 Å². The second-order valence-corrected chi connectivity index (χ2v) is 12.6. The van der Waals surface area contributed by atoms with Gasteiger partial charge in [0.15, 0.2) is 0 Å². The number of carbonyl (C=O) groups is 1. The molecule has 0 saturated heterocycles. The van der Waals surface area contributed by atoms with E-state index in [1.807, 2.05) is 24.4 Å². The van der Waals surface area contributed by atoms with Crippen LogP contribution >= 0.6 is 22.9 Å². The maximum Gasteiger partial charge on any atom is 0.259 e. The second kappa shape index (κ2) is 10.5. The number of nitrogens with zero attached hydrogens (tertiary/aromatic N) is 2. The standard InChI is InChI=1S/C32H34ClN3OS/c1-6-17-36-20(2)26(24-9-7-8-10-27(24)36)19-34-31-29(30(37)35-23-14-12-22(33)13-15-23)25-16-11-21(32(3,4)5)18-28(25)38-31/h6-10,12-15,19,21H,1,11,16-18H2,2-5H3,(H,35,37)/t21-/m1/s1. The van der Waals surface area contributed by atoms with Gasteiger partial charge in [0.1, 0.15) is 5.00 Å². The smallest absolute Gasteiger partial charge is 0.259 e. The van der Waals surface area contributed by atoms with Crippen LogP contribution < -0.4 is 5.32 Å². The Morgan fingerprint density at radius 2 is 1.95 bits per heavy atom. The molecule has 1 amide bonds. The lowest BCUT2D eigenvalue weighted by molar-refractivity contribution is 0.102. The van der Waals surface area contributed by atoms with Crippen LogP contribution in [0.1, 0.15) is 59.2 Å². The van der Waals surface area contributed by atoms with Crippen LogP contribution in [0.3, 0.4) is 0 Å². The molecular weight excluding hydrogens is 510 g/mol. The Hall–Kier alpha value is -3.15. The molecule has 1 N–H and O–H groups in total. The lowest BCUT2D eigenvalue weighted by Crippen LogP contribution is -2.27. The first-order valence-corrected chi connectivity index (χ1v) is 14.3. The largest absolute Gasteiger partial charge is 0.340 e. The number of nitrogens with one attached hydrogen (secondary N) is 1. The van der Waals surface area contributed by atoms with E-state index in [9.17, 15) is 4.79 Å². The highest BCUT2D eigenvalue weighted by Gasteiger charge is 2.33. The first kappa shape index (κ1) is 26.5. The molecule has 2 aromatic carbocycles. The van der Waals surface area contributed by atoms with Gasteiger partial charge in [0.25, 0.3) is 5.91 Å². The molecule has 0 radical (unpaired) electrons. The summed E-state index contributed by atoms with van der Waals surface area (Å²) < 4.78 is 2.26. The van der Waals surface area contributed by atoms with Gasteiger partial charge < -0.3 is 9.88 Å². The summed E-state index contributed by atoms with van der Waals surface area (Å²) in [7, 11) is 0. The number of anilines is 1. The van der Waals surface area contributed by atoms with Crippen molar-refractivity contribution in [2.45, 2.75) is 53.5 Å². The number of amides is 1. The van der Waals surface area contributed by atoms with E-state index in [0.29, 0.717) is 16.5 Å². The Balaban J connectivity index is 1.57. The molecule has 1 aliphatic carbocycles. The van der Waals surface area contributed by atoms with Gasteiger partial charge in [0.2, 0.25) is 0 Å². The van der Waals surface area contributed by atoms with Crippen molar-refractivity contribution in [2.75, 3.05) is 5.32 Å². The number of aliphatic imine (C=N–C) groups is 1. The van der Waals surface area contributed by atoms with Gasteiger partial charge in [-0.2, -0.15) is 0 Å². The van der Waals surface area contributed by atoms with Crippen LogP contribution in [0.15, 0.2) is 66.2 Å². The molecule has 5 rings (SSSR count). The van der Waals surface area contributed by atoms with Gasteiger partial charge in [-0.15, -0.1) is 17.9 Å². The van der Waals surface area contributed by atoms with Gasteiger partial charge >= 0.3 is 0 Å². The maximum absolute atomic E-state index is 13.7. The zero-order chi connectivity index (χ0) is 27.0. The minimum Gasteiger partial charge on any atom is -0.340 e. The zero-order valence-corrected chi connectivity index (χ0v) is 24.0. The fraction of sp³-hybridized carbons (Fsp3) is 0.312. The van der Waals surface area contributed by atoms with Crippen molar-refractivity contribution in [2.24, 2.45) is 16.3 Å². The van der Waals surface area contributed by atoms with E-state index in [1.165, 1.54) is 4.88 Å². The number of aromatic nitrogens is 1. The van der Waals surface area contributed by atoms with Crippen molar-refractivity contribution >= 4 is 56.7 Å². The van der Waals surface area contributed by atoms with Crippen molar-refractivity contribution < 1.29 is 4.79 Å². The topological polar surface area (TPSA) is 46.4 Å². The Morgan fingerprint density at radius 1 is 1.21 bits per heavy atom.